The maximum atomic E-state index is 6.23. The van der Waals surface area contributed by atoms with Crippen LogP contribution in [-0.4, -0.2) is 24.5 Å². The SMILES string of the molecule is CCC(CC)N(C)CCC(N)c1cccc(Cl)c1Cl. The first kappa shape index (κ1) is 16.8. The molecule has 0 aromatic heterocycles. The molecule has 0 saturated carbocycles. The Hall–Kier alpha value is -0.280. The molecular weight excluding hydrogens is 279 g/mol. The van der Waals surface area contributed by atoms with Gasteiger partial charge in [0, 0.05) is 12.1 Å². The molecule has 0 aliphatic heterocycles. The van der Waals surface area contributed by atoms with Crippen molar-refractivity contribution in [2.24, 2.45) is 5.73 Å². The molecule has 1 aromatic rings. The lowest BCUT2D eigenvalue weighted by Gasteiger charge is -2.27. The summed E-state index contributed by atoms with van der Waals surface area (Å²) in [6.45, 7) is 5.41. The molecule has 0 fully saturated rings. The van der Waals surface area contributed by atoms with Crippen LogP contribution in [0.3, 0.4) is 0 Å². The first-order chi connectivity index (χ1) is 9.01. The highest BCUT2D eigenvalue weighted by molar-refractivity contribution is 6.42. The Balaban J connectivity index is 2.60. The van der Waals surface area contributed by atoms with E-state index in [0.717, 1.165) is 18.5 Å². The zero-order valence-electron chi connectivity index (χ0n) is 12.0. The standard InChI is InChI=1S/C15H24Cl2N2/c1-4-11(5-2)19(3)10-9-14(18)12-7-6-8-13(16)15(12)17/h6-8,11,14H,4-5,9-10,18H2,1-3H3. The first-order valence-corrected chi connectivity index (χ1v) is 7.66. The molecular formula is C15H24Cl2N2. The molecule has 0 amide bonds. The van der Waals surface area contributed by atoms with E-state index in [1.54, 1.807) is 6.07 Å². The zero-order chi connectivity index (χ0) is 14.4. The molecule has 0 bridgehead atoms. The molecule has 0 heterocycles. The predicted molar refractivity (Wildman–Crippen MR) is 85.0 cm³/mol. The number of rotatable bonds is 7. The Bertz CT molecular complexity index is 392. The van der Waals surface area contributed by atoms with Gasteiger partial charge in [-0.25, -0.2) is 0 Å². The van der Waals surface area contributed by atoms with E-state index in [2.05, 4.69) is 25.8 Å². The van der Waals surface area contributed by atoms with Crippen molar-refractivity contribution in [2.75, 3.05) is 13.6 Å². The predicted octanol–water partition coefficient (Wildman–Crippen LogP) is 4.50. The normalized spacial score (nSPS) is 13.3. The van der Waals surface area contributed by atoms with E-state index in [1.165, 1.54) is 12.8 Å². The number of benzene rings is 1. The van der Waals surface area contributed by atoms with Crippen LogP contribution < -0.4 is 5.73 Å². The van der Waals surface area contributed by atoms with Gasteiger partial charge in [-0.15, -0.1) is 0 Å². The monoisotopic (exact) mass is 302 g/mol. The van der Waals surface area contributed by atoms with Gasteiger partial charge in [0.1, 0.15) is 0 Å². The largest absolute Gasteiger partial charge is 0.324 e. The molecule has 0 aliphatic carbocycles. The highest BCUT2D eigenvalue weighted by Gasteiger charge is 2.15. The molecule has 19 heavy (non-hydrogen) atoms. The minimum absolute atomic E-state index is 0.0667. The molecule has 2 N–H and O–H groups in total. The number of hydrogen-bond donors (Lipinski definition) is 1. The molecule has 1 aromatic carbocycles. The Morgan fingerprint density at radius 2 is 1.84 bits per heavy atom. The summed E-state index contributed by atoms with van der Waals surface area (Å²) in [5.41, 5.74) is 7.16. The van der Waals surface area contributed by atoms with Crippen molar-refractivity contribution in [3.63, 3.8) is 0 Å². The number of nitrogens with zero attached hydrogens (tertiary/aromatic N) is 1. The minimum atomic E-state index is -0.0667. The van der Waals surface area contributed by atoms with Gasteiger partial charge in [0.05, 0.1) is 10.0 Å². The summed E-state index contributed by atoms with van der Waals surface area (Å²) in [6.07, 6.45) is 3.22. The van der Waals surface area contributed by atoms with Gasteiger partial charge in [0.25, 0.3) is 0 Å². The molecule has 108 valence electrons. The van der Waals surface area contributed by atoms with E-state index in [0.29, 0.717) is 16.1 Å². The van der Waals surface area contributed by atoms with E-state index in [1.807, 2.05) is 12.1 Å². The summed E-state index contributed by atoms with van der Waals surface area (Å²) in [6, 6.07) is 6.20. The fourth-order valence-corrected chi connectivity index (χ4v) is 2.85. The van der Waals surface area contributed by atoms with Crippen LogP contribution in [0.15, 0.2) is 18.2 Å². The van der Waals surface area contributed by atoms with E-state index in [4.69, 9.17) is 28.9 Å². The van der Waals surface area contributed by atoms with Gasteiger partial charge >= 0.3 is 0 Å². The van der Waals surface area contributed by atoms with Crippen LogP contribution in [0.5, 0.6) is 0 Å². The van der Waals surface area contributed by atoms with Crippen molar-refractivity contribution >= 4 is 23.2 Å². The van der Waals surface area contributed by atoms with Gasteiger partial charge in [0.15, 0.2) is 0 Å². The van der Waals surface area contributed by atoms with Crippen molar-refractivity contribution in [3.8, 4) is 0 Å². The molecule has 0 saturated heterocycles. The van der Waals surface area contributed by atoms with Crippen LogP contribution in [0.25, 0.3) is 0 Å². The number of hydrogen-bond acceptors (Lipinski definition) is 2. The minimum Gasteiger partial charge on any atom is -0.324 e. The summed E-state index contributed by atoms with van der Waals surface area (Å²) in [4.78, 5) is 2.37. The highest BCUT2D eigenvalue weighted by Crippen LogP contribution is 2.30. The Morgan fingerprint density at radius 3 is 2.42 bits per heavy atom. The van der Waals surface area contributed by atoms with Crippen molar-refractivity contribution in [1.82, 2.24) is 4.90 Å². The fraction of sp³-hybridized carbons (Fsp3) is 0.600. The van der Waals surface area contributed by atoms with Crippen molar-refractivity contribution in [2.45, 2.75) is 45.2 Å². The third kappa shape index (κ3) is 4.64. The van der Waals surface area contributed by atoms with E-state index in [-0.39, 0.29) is 6.04 Å². The van der Waals surface area contributed by atoms with E-state index in [9.17, 15) is 0 Å². The van der Waals surface area contributed by atoms with Gasteiger partial charge in [-0.2, -0.15) is 0 Å². The first-order valence-electron chi connectivity index (χ1n) is 6.90. The summed E-state index contributed by atoms with van der Waals surface area (Å²) in [5, 5.41) is 1.16. The van der Waals surface area contributed by atoms with Gasteiger partial charge in [-0.1, -0.05) is 49.2 Å². The van der Waals surface area contributed by atoms with Crippen molar-refractivity contribution in [3.05, 3.63) is 33.8 Å². The van der Waals surface area contributed by atoms with Crippen molar-refractivity contribution < 1.29 is 0 Å². The second-order valence-electron chi connectivity index (χ2n) is 4.99. The molecule has 1 rings (SSSR count). The average Bonchev–Trinajstić information content (AvgIpc) is 2.40. The lowest BCUT2D eigenvalue weighted by Crippen LogP contribution is -2.33. The second-order valence-corrected chi connectivity index (χ2v) is 5.77. The highest BCUT2D eigenvalue weighted by atomic mass is 35.5. The van der Waals surface area contributed by atoms with Gasteiger partial charge in [-0.05, 0) is 44.5 Å². The molecule has 0 radical (unpaired) electrons. The third-order valence-corrected chi connectivity index (χ3v) is 4.57. The molecule has 1 unspecified atom stereocenters. The van der Waals surface area contributed by atoms with Crippen LogP contribution in [0, 0.1) is 0 Å². The lowest BCUT2D eigenvalue weighted by molar-refractivity contribution is 0.222. The lowest BCUT2D eigenvalue weighted by atomic mass is 10.0. The van der Waals surface area contributed by atoms with Crippen LogP contribution >= 0.6 is 23.2 Å². The summed E-state index contributed by atoms with van der Waals surface area (Å²) in [5.74, 6) is 0. The molecule has 0 aliphatic rings. The second kappa shape index (κ2) is 8.11. The summed E-state index contributed by atoms with van der Waals surface area (Å²) < 4.78 is 0. The van der Waals surface area contributed by atoms with Gasteiger partial charge in [0.2, 0.25) is 0 Å². The molecule has 0 spiro atoms. The van der Waals surface area contributed by atoms with Crippen LogP contribution in [0.4, 0.5) is 0 Å². The maximum absolute atomic E-state index is 6.23. The summed E-state index contributed by atoms with van der Waals surface area (Å²) >= 11 is 12.2. The molecule has 1 atom stereocenters. The maximum Gasteiger partial charge on any atom is 0.0640 e. The Labute approximate surface area is 126 Å². The number of nitrogens with two attached hydrogens (primary N) is 1. The van der Waals surface area contributed by atoms with E-state index < -0.39 is 0 Å². The van der Waals surface area contributed by atoms with Gasteiger partial charge < -0.3 is 10.6 Å². The number of halogens is 2. The molecule has 4 heteroatoms. The Morgan fingerprint density at radius 1 is 1.21 bits per heavy atom. The third-order valence-electron chi connectivity index (χ3n) is 3.74. The van der Waals surface area contributed by atoms with Crippen LogP contribution in [-0.2, 0) is 0 Å². The van der Waals surface area contributed by atoms with Crippen LogP contribution in [0.1, 0.15) is 44.7 Å². The summed E-state index contributed by atoms with van der Waals surface area (Å²) in [7, 11) is 2.16. The Kier molecular flexibility index (Phi) is 7.16. The quantitative estimate of drug-likeness (QED) is 0.803. The average molecular weight is 303 g/mol. The van der Waals surface area contributed by atoms with Gasteiger partial charge in [-0.3, -0.25) is 0 Å². The van der Waals surface area contributed by atoms with E-state index >= 15 is 0 Å². The van der Waals surface area contributed by atoms with Crippen LogP contribution in [0.2, 0.25) is 10.0 Å². The fourth-order valence-electron chi connectivity index (χ4n) is 2.40. The van der Waals surface area contributed by atoms with Crippen molar-refractivity contribution in [1.29, 1.82) is 0 Å². The smallest absolute Gasteiger partial charge is 0.0640 e. The topological polar surface area (TPSA) is 29.3 Å². The zero-order valence-corrected chi connectivity index (χ0v) is 13.5. The molecule has 2 nitrogen and oxygen atoms in total.